The first-order chi connectivity index (χ1) is 15.9. The van der Waals surface area contributed by atoms with E-state index in [1.54, 1.807) is 6.07 Å². The molecule has 33 heavy (non-hydrogen) atoms. The molecule has 0 saturated carbocycles. The van der Waals surface area contributed by atoms with E-state index in [-0.39, 0.29) is 5.91 Å². The lowest BCUT2D eigenvalue weighted by atomic mass is 10.0. The third-order valence-corrected chi connectivity index (χ3v) is 6.79. The number of thiophene rings is 1. The van der Waals surface area contributed by atoms with E-state index in [2.05, 4.69) is 38.2 Å². The Morgan fingerprint density at radius 1 is 1.00 bits per heavy atom. The average Bonchev–Trinajstić information content (AvgIpc) is 3.21. The number of rotatable bonds is 6. The first-order valence-corrected chi connectivity index (χ1v) is 11.7. The van der Waals surface area contributed by atoms with Gasteiger partial charge in [-0.15, -0.1) is 11.3 Å². The predicted octanol–water partition coefficient (Wildman–Crippen LogP) is 6.57. The summed E-state index contributed by atoms with van der Waals surface area (Å²) >= 11 is 1.41. The summed E-state index contributed by atoms with van der Waals surface area (Å²) in [6.45, 7) is 6.21. The molecule has 2 aromatic heterocycles. The standard InChI is InChI=1S/C27H26N2O3S/c1-5-8-19-14-22(27(31)32-4)26(33-19)29-25(30)21-15-24(18-12-11-16(2)17(3)13-18)28-23-10-7-6-9-20(21)23/h6-7,9-15H,5,8H2,1-4H3,(H,29,30). The molecule has 0 atom stereocenters. The summed E-state index contributed by atoms with van der Waals surface area (Å²) in [6.07, 6.45) is 1.78. The number of aromatic nitrogens is 1. The SMILES string of the molecule is CCCc1cc(C(=O)OC)c(NC(=O)c2cc(-c3ccc(C)c(C)c3)nc3ccccc23)s1. The molecule has 0 fully saturated rings. The van der Waals surface area contributed by atoms with E-state index in [0.29, 0.717) is 16.1 Å². The summed E-state index contributed by atoms with van der Waals surface area (Å²) < 4.78 is 4.93. The molecule has 0 bridgehead atoms. The number of hydrogen-bond donors (Lipinski definition) is 1. The lowest BCUT2D eigenvalue weighted by Crippen LogP contribution is -2.14. The largest absolute Gasteiger partial charge is 0.465 e. The number of anilines is 1. The lowest BCUT2D eigenvalue weighted by molar-refractivity contribution is 0.0602. The third-order valence-electron chi connectivity index (χ3n) is 5.68. The molecule has 1 N–H and O–H groups in total. The van der Waals surface area contributed by atoms with Gasteiger partial charge in [0.15, 0.2) is 0 Å². The zero-order valence-corrected chi connectivity index (χ0v) is 20.0. The molecule has 0 aliphatic heterocycles. The number of para-hydroxylation sites is 1. The van der Waals surface area contributed by atoms with Crippen molar-refractivity contribution >= 4 is 39.1 Å². The molecule has 0 spiro atoms. The number of carbonyl (C=O) groups excluding carboxylic acids is 2. The maximum atomic E-state index is 13.5. The topological polar surface area (TPSA) is 68.3 Å². The van der Waals surface area contributed by atoms with Crippen LogP contribution in [0, 0.1) is 13.8 Å². The van der Waals surface area contributed by atoms with Gasteiger partial charge in [-0.3, -0.25) is 4.79 Å². The quantitative estimate of drug-likeness (QED) is 0.332. The minimum absolute atomic E-state index is 0.284. The Bertz CT molecular complexity index is 1360. The Kier molecular flexibility index (Phi) is 6.56. The second kappa shape index (κ2) is 9.55. The number of nitrogens with zero attached hydrogens (tertiary/aromatic N) is 1. The highest BCUT2D eigenvalue weighted by atomic mass is 32.1. The summed E-state index contributed by atoms with van der Waals surface area (Å²) in [7, 11) is 1.34. The fraction of sp³-hybridized carbons (Fsp3) is 0.222. The first kappa shape index (κ1) is 22.7. The number of ether oxygens (including phenoxy) is 1. The molecule has 4 rings (SSSR count). The van der Waals surface area contributed by atoms with Crippen molar-refractivity contribution in [2.45, 2.75) is 33.6 Å². The van der Waals surface area contributed by atoms with Gasteiger partial charge in [0, 0.05) is 15.8 Å². The molecular formula is C27H26N2O3S. The van der Waals surface area contributed by atoms with Crippen molar-refractivity contribution in [1.82, 2.24) is 4.98 Å². The van der Waals surface area contributed by atoms with Crippen LogP contribution in [-0.4, -0.2) is 24.0 Å². The Balaban J connectivity index is 1.78. The van der Waals surface area contributed by atoms with Crippen molar-refractivity contribution < 1.29 is 14.3 Å². The minimum atomic E-state index is -0.459. The highest BCUT2D eigenvalue weighted by molar-refractivity contribution is 7.16. The number of benzene rings is 2. The highest BCUT2D eigenvalue weighted by Gasteiger charge is 2.21. The van der Waals surface area contributed by atoms with Gasteiger partial charge in [0.05, 0.1) is 29.4 Å². The number of nitrogens with one attached hydrogen (secondary N) is 1. The second-order valence-electron chi connectivity index (χ2n) is 8.02. The third kappa shape index (κ3) is 4.66. The molecule has 1 amide bonds. The monoisotopic (exact) mass is 458 g/mol. The van der Waals surface area contributed by atoms with Gasteiger partial charge in [0.2, 0.25) is 0 Å². The van der Waals surface area contributed by atoms with Crippen LogP contribution < -0.4 is 5.32 Å². The number of methoxy groups -OCH3 is 1. The maximum absolute atomic E-state index is 13.5. The van der Waals surface area contributed by atoms with Gasteiger partial charge in [-0.05, 0) is 55.7 Å². The molecule has 0 radical (unpaired) electrons. The number of esters is 1. The zero-order valence-electron chi connectivity index (χ0n) is 19.2. The number of hydrogen-bond acceptors (Lipinski definition) is 5. The molecule has 6 heteroatoms. The Hall–Kier alpha value is -3.51. The van der Waals surface area contributed by atoms with Crippen molar-refractivity contribution in [3.63, 3.8) is 0 Å². The van der Waals surface area contributed by atoms with Crippen LogP contribution in [0.2, 0.25) is 0 Å². The smallest absolute Gasteiger partial charge is 0.340 e. The number of pyridine rings is 1. The number of carbonyl (C=O) groups is 2. The fourth-order valence-electron chi connectivity index (χ4n) is 3.75. The van der Waals surface area contributed by atoms with E-state index in [1.807, 2.05) is 36.4 Å². The van der Waals surface area contributed by atoms with Crippen molar-refractivity contribution in [3.8, 4) is 11.3 Å². The summed E-state index contributed by atoms with van der Waals surface area (Å²) in [5.74, 6) is -0.743. The van der Waals surface area contributed by atoms with Crippen LogP contribution in [0.1, 0.15) is 50.1 Å². The number of amides is 1. The molecule has 2 heterocycles. The van der Waals surface area contributed by atoms with Gasteiger partial charge in [0.1, 0.15) is 5.00 Å². The van der Waals surface area contributed by atoms with E-state index in [1.165, 1.54) is 29.6 Å². The molecule has 0 saturated heterocycles. The minimum Gasteiger partial charge on any atom is -0.465 e. The van der Waals surface area contributed by atoms with Gasteiger partial charge in [0.25, 0.3) is 5.91 Å². The van der Waals surface area contributed by atoms with Crippen molar-refractivity contribution in [2.75, 3.05) is 12.4 Å². The Morgan fingerprint density at radius 3 is 2.52 bits per heavy atom. The van der Waals surface area contributed by atoms with Crippen LogP contribution in [0.25, 0.3) is 22.2 Å². The highest BCUT2D eigenvalue weighted by Crippen LogP contribution is 2.32. The van der Waals surface area contributed by atoms with Crippen molar-refractivity contribution in [3.05, 3.63) is 81.7 Å². The summed E-state index contributed by atoms with van der Waals surface area (Å²) in [5.41, 5.74) is 5.68. The van der Waals surface area contributed by atoms with E-state index in [0.717, 1.165) is 39.9 Å². The molecule has 4 aromatic rings. The van der Waals surface area contributed by atoms with Gasteiger partial charge in [-0.1, -0.05) is 43.7 Å². The van der Waals surface area contributed by atoms with Crippen LogP contribution in [0.15, 0.2) is 54.6 Å². The van der Waals surface area contributed by atoms with Gasteiger partial charge in [-0.25, -0.2) is 9.78 Å². The van der Waals surface area contributed by atoms with Crippen molar-refractivity contribution in [2.24, 2.45) is 0 Å². The molecule has 0 aliphatic rings. The van der Waals surface area contributed by atoms with E-state index in [9.17, 15) is 9.59 Å². The van der Waals surface area contributed by atoms with Crippen LogP contribution in [-0.2, 0) is 11.2 Å². The zero-order chi connectivity index (χ0) is 23.5. The second-order valence-corrected chi connectivity index (χ2v) is 9.16. The van der Waals surface area contributed by atoms with E-state index < -0.39 is 5.97 Å². The van der Waals surface area contributed by atoms with E-state index in [4.69, 9.17) is 9.72 Å². The molecular weight excluding hydrogens is 432 g/mol. The van der Waals surface area contributed by atoms with Gasteiger partial charge < -0.3 is 10.1 Å². The molecule has 5 nitrogen and oxygen atoms in total. The molecule has 0 aliphatic carbocycles. The summed E-state index contributed by atoms with van der Waals surface area (Å²) in [4.78, 5) is 31.6. The van der Waals surface area contributed by atoms with Crippen LogP contribution in [0.4, 0.5) is 5.00 Å². The molecule has 0 unspecified atom stereocenters. The fourth-order valence-corrected chi connectivity index (χ4v) is 4.89. The number of fused-ring (bicyclic) bond motifs is 1. The van der Waals surface area contributed by atoms with Crippen LogP contribution in [0.3, 0.4) is 0 Å². The van der Waals surface area contributed by atoms with Crippen LogP contribution >= 0.6 is 11.3 Å². The first-order valence-electron chi connectivity index (χ1n) is 10.9. The summed E-state index contributed by atoms with van der Waals surface area (Å²) in [6, 6.07) is 17.4. The van der Waals surface area contributed by atoms with E-state index >= 15 is 0 Å². The molecule has 2 aromatic carbocycles. The van der Waals surface area contributed by atoms with Crippen LogP contribution in [0.5, 0.6) is 0 Å². The van der Waals surface area contributed by atoms with Gasteiger partial charge in [-0.2, -0.15) is 0 Å². The van der Waals surface area contributed by atoms with Crippen molar-refractivity contribution in [1.29, 1.82) is 0 Å². The summed E-state index contributed by atoms with van der Waals surface area (Å²) in [5, 5.41) is 4.22. The molecule has 168 valence electrons. The Labute approximate surface area is 197 Å². The maximum Gasteiger partial charge on any atom is 0.340 e. The number of aryl methyl sites for hydroxylation is 3. The normalized spacial score (nSPS) is 10.9. The lowest BCUT2D eigenvalue weighted by Gasteiger charge is -2.11. The Morgan fingerprint density at radius 2 is 1.79 bits per heavy atom. The van der Waals surface area contributed by atoms with Gasteiger partial charge >= 0.3 is 5.97 Å². The predicted molar refractivity (Wildman–Crippen MR) is 134 cm³/mol. The average molecular weight is 459 g/mol.